The zero-order chi connectivity index (χ0) is 14.8. The summed E-state index contributed by atoms with van der Waals surface area (Å²) in [6.45, 7) is 3.97. The quantitative estimate of drug-likeness (QED) is 0.506. The van der Waals surface area contributed by atoms with Gasteiger partial charge in [-0.25, -0.2) is 0 Å². The smallest absolute Gasteiger partial charge is 0.269 e. The highest BCUT2D eigenvalue weighted by atomic mass is 16.6. The lowest BCUT2D eigenvalue weighted by Crippen LogP contribution is -2.27. The number of phenolic OH excluding ortho intramolecular Hbond substituents is 1. The van der Waals surface area contributed by atoms with E-state index < -0.39 is 4.92 Å². The Morgan fingerprint density at radius 2 is 1.60 bits per heavy atom. The van der Waals surface area contributed by atoms with Crippen LogP contribution in [0.2, 0.25) is 0 Å². The van der Waals surface area contributed by atoms with Gasteiger partial charge in [-0.2, -0.15) is 0 Å². The molecule has 2 aromatic carbocycles. The monoisotopic (exact) mass is 272 g/mol. The fourth-order valence-electron chi connectivity index (χ4n) is 1.98. The number of aromatic hydroxyl groups is 1. The van der Waals surface area contributed by atoms with E-state index >= 15 is 0 Å². The van der Waals surface area contributed by atoms with E-state index in [0.717, 1.165) is 11.3 Å². The van der Waals surface area contributed by atoms with Crippen LogP contribution in [-0.2, 0) is 5.54 Å². The number of hydrogen-bond donors (Lipinski definition) is 2. The third-order valence-electron chi connectivity index (χ3n) is 3.12. The van der Waals surface area contributed by atoms with E-state index in [1.807, 2.05) is 13.8 Å². The van der Waals surface area contributed by atoms with E-state index in [4.69, 9.17) is 0 Å². The summed E-state index contributed by atoms with van der Waals surface area (Å²) < 4.78 is 0. The van der Waals surface area contributed by atoms with E-state index in [9.17, 15) is 15.2 Å². The average Bonchev–Trinajstić information content (AvgIpc) is 2.41. The summed E-state index contributed by atoms with van der Waals surface area (Å²) in [6.07, 6.45) is 0. The molecule has 5 heteroatoms. The number of nitro benzene ring substituents is 1. The van der Waals surface area contributed by atoms with E-state index in [-0.39, 0.29) is 17.0 Å². The van der Waals surface area contributed by atoms with Gasteiger partial charge in [0, 0.05) is 17.8 Å². The Kier molecular flexibility index (Phi) is 3.61. The molecule has 0 saturated carbocycles. The van der Waals surface area contributed by atoms with Crippen LogP contribution in [0.3, 0.4) is 0 Å². The van der Waals surface area contributed by atoms with Crippen molar-refractivity contribution in [1.29, 1.82) is 0 Å². The summed E-state index contributed by atoms with van der Waals surface area (Å²) in [7, 11) is 0. The van der Waals surface area contributed by atoms with Crippen LogP contribution < -0.4 is 5.32 Å². The summed E-state index contributed by atoms with van der Waals surface area (Å²) in [4.78, 5) is 10.2. The molecular formula is C15H16N2O3. The number of hydrogen-bond acceptors (Lipinski definition) is 4. The van der Waals surface area contributed by atoms with Crippen LogP contribution in [0.4, 0.5) is 11.4 Å². The average molecular weight is 272 g/mol. The van der Waals surface area contributed by atoms with Gasteiger partial charge in [-0.05, 0) is 55.8 Å². The van der Waals surface area contributed by atoms with Gasteiger partial charge in [-0.15, -0.1) is 0 Å². The van der Waals surface area contributed by atoms with E-state index in [2.05, 4.69) is 5.32 Å². The number of non-ortho nitro benzene ring substituents is 1. The number of anilines is 1. The predicted octanol–water partition coefficient (Wildman–Crippen LogP) is 3.65. The first kappa shape index (κ1) is 13.9. The Hall–Kier alpha value is -2.56. The molecule has 0 radical (unpaired) electrons. The molecule has 0 spiro atoms. The van der Waals surface area contributed by atoms with E-state index in [1.165, 1.54) is 12.1 Å². The number of rotatable bonds is 4. The molecule has 0 aliphatic carbocycles. The highest BCUT2D eigenvalue weighted by Crippen LogP contribution is 2.27. The minimum Gasteiger partial charge on any atom is -0.508 e. The molecule has 0 amide bonds. The summed E-state index contributed by atoms with van der Waals surface area (Å²) in [5, 5.41) is 23.2. The summed E-state index contributed by atoms with van der Waals surface area (Å²) in [5.41, 5.74) is 1.50. The minimum atomic E-state index is -0.413. The maximum atomic E-state index is 10.7. The molecule has 5 nitrogen and oxygen atoms in total. The molecule has 0 saturated heterocycles. The first-order valence-corrected chi connectivity index (χ1v) is 6.21. The van der Waals surface area contributed by atoms with Crippen LogP contribution in [0.15, 0.2) is 48.5 Å². The van der Waals surface area contributed by atoms with Crippen molar-refractivity contribution in [3.05, 3.63) is 64.2 Å². The number of nitrogens with zero attached hydrogens (tertiary/aromatic N) is 1. The molecule has 0 aromatic heterocycles. The second-order valence-corrected chi connectivity index (χ2v) is 5.10. The summed E-state index contributed by atoms with van der Waals surface area (Å²) in [6, 6.07) is 13.2. The Morgan fingerprint density at radius 1 is 1.05 bits per heavy atom. The topological polar surface area (TPSA) is 75.4 Å². The minimum absolute atomic E-state index is 0.0779. The Morgan fingerprint density at radius 3 is 2.10 bits per heavy atom. The fourth-order valence-corrected chi connectivity index (χ4v) is 1.98. The second kappa shape index (κ2) is 5.21. The van der Waals surface area contributed by atoms with Crippen LogP contribution in [0, 0.1) is 10.1 Å². The molecule has 20 heavy (non-hydrogen) atoms. The Labute approximate surface area is 117 Å². The Balaban J connectivity index is 2.20. The summed E-state index contributed by atoms with van der Waals surface area (Å²) in [5.74, 6) is 0.212. The molecule has 104 valence electrons. The van der Waals surface area contributed by atoms with Crippen molar-refractivity contribution in [1.82, 2.24) is 0 Å². The summed E-state index contributed by atoms with van der Waals surface area (Å²) >= 11 is 0. The van der Waals surface area contributed by atoms with Gasteiger partial charge >= 0.3 is 0 Å². The van der Waals surface area contributed by atoms with Crippen LogP contribution in [0.1, 0.15) is 19.4 Å². The highest BCUT2D eigenvalue weighted by molar-refractivity contribution is 5.50. The number of phenols is 1. The zero-order valence-electron chi connectivity index (χ0n) is 11.3. The van der Waals surface area contributed by atoms with Gasteiger partial charge in [0.15, 0.2) is 0 Å². The van der Waals surface area contributed by atoms with Crippen molar-refractivity contribution < 1.29 is 10.0 Å². The molecule has 0 heterocycles. The zero-order valence-corrected chi connectivity index (χ0v) is 11.3. The fraction of sp³-hybridized carbons (Fsp3) is 0.200. The lowest BCUT2D eigenvalue weighted by molar-refractivity contribution is -0.384. The van der Waals surface area contributed by atoms with Gasteiger partial charge in [0.05, 0.1) is 10.5 Å². The largest absolute Gasteiger partial charge is 0.508 e. The highest BCUT2D eigenvalue weighted by Gasteiger charge is 2.21. The van der Waals surface area contributed by atoms with Crippen molar-refractivity contribution in [2.75, 3.05) is 5.32 Å². The van der Waals surface area contributed by atoms with E-state index in [0.29, 0.717) is 0 Å². The van der Waals surface area contributed by atoms with Gasteiger partial charge < -0.3 is 10.4 Å². The molecule has 2 aromatic rings. The molecule has 0 aliphatic rings. The standard InChI is InChI=1S/C15H16N2O3/c1-15(2,16-12-5-9-14(18)10-6-12)11-3-7-13(8-4-11)17(19)20/h3-10,16,18H,1-2H3. The lowest BCUT2D eigenvalue weighted by Gasteiger charge is -2.28. The predicted molar refractivity (Wildman–Crippen MR) is 77.9 cm³/mol. The second-order valence-electron chi connectivity index (χ2n) is 5.10. The van der Waals surface area contributed by atoms with Gasteiger partial charge in [0.2, 0.25) is 0 Å². The maximum absolute atomic E-state index is 10.7. The lowest BCUT2D eigenvalue weighted by atomic mass is 9.93. The SMILES string of the molecule is CC(C)(Nc1ccc(O)cc1)c1ccc([N+](=O)[O-])cc1. The number of nitrogens with one attached hydrogen (secondary N) is 1. The number of nitro groups is 1. The first-order valence-electron chi connectivity index (χ1n) is 6.21. The molecule has 2 rings (SSSR count). The molecular weight excluding hydrogens is 256 g/mol. The third-order valence-corrected chi connectivity index (χ3v) is 3.12. The molecule has 0 fully saturated rings. The van der Waals surface area contributed by atoms with Gasteiger partial charge in [-0.3, -0.25) is 10.1 Å². The van der Waals surface area contributed by atoms with Crippen molar-refractivity contribution in [3.8, 4) is 5.75 Å². The van der Waals surface area contributed by atoms with Crippen LogP contribution >= 0.6 is 0 Å². The third kappa shape index (κ3) is 3.06. The molecule has 2 N–H and O–H groups in total. The van der Waals surface area contributed by atoms with Gasteiger partial charge in [-0.1, -0.05) is 0 Å². The normalized spacial score (nSPS) is 11.1. The first-order chi connectivity index (χ1) is 9.38. The van der Waals surface area contributed by atoms with Crippen LogP contribution in [-0.4, -0.2) is 10.0 Å². The van der Waals surface area contributed by atoms with Gasteiger partial charge in [0.25, 0.3) is 5.69 Å². The Bertz CT molecular complexity index is 604. The molecule has 0 unspecified atom stereocenters. The van der Waals surface area contributed by atoms with Gasteiger partial charge in [0.1, 0.15) is 5.75 Å². The van der Waals surface area contributed by atoms with Crippen molar-refractivity contribution in [2.24, 2.45) is 0 Å². The number of benzene rings is 2. The molecule has 0 aliphatic heterocycles. The van der Waals surface area contributed by atoms with Crippen molar-refractivity contribution in [3.63, 3.8) is 0 Å². The molecule has 0 atom stereocenters. The van der Waals surface area contributed by atoms with Crippen LogP contribution in [0.25, 0.3) is 0 Å². The van der Waals surface area contributed by atoms with Crippen molar-refractivity contribution in [2.45, 2.75) is 19.4 Å². The maximum Gasteiger partial charge on any atom is 0.269 e. The van der Waals surface area contributed by atoms with Crippen LogP contribution in [0.5, 0.6) is 5.75 Å². The van der Waals surface area contributed by atoms with Crippen molar-refractivity contribution >= 4 is 11.4 Å². The molecule has 0 bridgehead atoms. The van der Waals surface area contributed by atoms with E-state index in [1.54, 1.807) is 36.4 Å².